The fraction of sp³-hybridized carbons (Fsp3) is 0.294. The lowest BCUT2D eigenvalue weighted by Gasteiger charge is -2.20. The van der Waals surface area contributed by atoms with Crippen LogP contribution in [0.2, 0.25) is 0 Å². The second-order valence-electron chi connectivity index (χ2n) is 5.68. The van der Waals surface area contributed by atoms with Crippen molar-refractivity contribution in [3.63, 3.8) is 0 Å². The number of sulfonamides is 1. The Morgan fingerprint density at radius 3 is 2.60 bits per heavy atom. The number of aryl methyl sites for hydroxylation is 1. The fourth-order valence-electron chi connectivity index (χ4n) is 2.57. The van der Waals surface area contributed by atoms with E-state index in [2.05, 4.69) is 4.72 Å². The highest BCUT2D eigenvalue weighted by Crippen LogP contribution is 2.32. The van der Waals surface area contributed by atoms with E-state index in [0.717, 1.165) is 12.1 Å². The monoisotopic (exact) mass is 367 g/mol. The van der Waals surface area contributed by atoms with Gasteiger partial charge in [-0.25, -0.2) is 17.5 Å². The molecule has 0 saturated heterocycles. The van der Waals surface area contributed by atoms with Gasteiger partial charge >= 0.3 is 0 Å². The van der Waals surface area contributed by atoms with Crippen LogP contribution in [0.4, 0.5) is 4.39 Å². The minimum atomic E-state index is -3.86. The first kappa shape index (κ1) is 17.7. The molecule has 1 aliphatic heterocycles. The summed E-state index contributed by atoms with van der Waals surface area (Å²) in [6.07, 6.45) is -1.06. The van der Waals surface area contributed by atoms with Crippen LogP contribution in [0.5, 0.6) is 11.5 Å². The molecule has 0 unspecified atom stereocenters. The number of hydrogen-bond donors (Lipinski definition) is 2. The van der Waals surface area contributed by atoms with Crippen LogP contribution in [0.15, 0.2) is 41.3 Å². The van der Waals surface area contributed by atoms with E-state index >= 15 is 0 Å². The van der Waals surface area contributed by atoms with Crippen molar-refractivity contribution in [3.8, 4) is 11.5 Å². The number of fused-ring (bicyclic) bond motifs is 1. The lowest BCUT2D eigenvalue weighted by Crippen LogP contribution is -2.29. The highest BCUT2D eigenvalue weighted by Gasteiger charge is 2.20. The summed E-state index contributed by atoms with van der Waals surface area (Å²) >= 11 is 0. The summed E-state index contributed by atoms with van der Waals surface area (Å²) in [6, 6.07) is 8.37. The average Bonchev–Trinajstić information content (AvgIpc) is 2.59. The minimum absolute atomic E-state index is 0.0247. The largest absolute Gasteiger partial charge is 0.486 e. The molecule has 1 heterocycles. The Morgan fingerprint density at radius 1 is 1.16 bits per heavy atom. The van der Waals surface area contributed by atoms with Gasteiger partial charge in [-0.2, -0.15) is 0 Å². The molecule has 1 aliphatic rings. The molecule has 0 saturated carbocycles. The maximum atomic E-state index is 13.1. The number of hydrogen-bond acceptors (Lipinski definition) is 5. The Labute approximate surface area is 145 Å². The molecule has 6 nitrogen and oxygen atoms in total. The molecular weight excluding hydrogens is 349 g/mol. The van der Waals surface area contributed by atoms with Crippen molar-refractivity contribution >= 4 is 10.0 Å². The van der Waals surface area contributed by atoms with Gasteiger partial charge in [-0.3, -0.25) is 0 Å². The van der Waals surface area contributed by atoms with E-state index in [4.69, 9.17) is 9.47 Å². The first-order chi connectivity index (χ1) is 11.9. The molecule has 0 bridgehead atoms. The van der Waals surface area contributed by atoms with Gasteiger partial charge in [-0.1, -0.05) is 6.07 Å². The topological polar surface area (TPSA) is 84.9 Å². The Bertz CT molecular complexity index is 885. The third kappa shape index (κ3) is 3.92. The zero-order chi connectivity index (χ0) is 18.0. The Kier molecular flexibility index (Phi) is 4.94. The molecule has 0 aromatic heterocycles. The van der Waals surface area contributed by atoms with E-state index in [9.17, 15) is 17.9 Å². The normalized spacial score (nSPS) is 15.0. The smallest absolute Gasteiger partial charge is 0.240 e. The summed E-state index contributed by atoms with van der Waals surface area (Å²) in [4.78, 5) is -0.0247. The van der Waals surface area contributed by atoms with Crippen LogP contribution in [-0.4, -0.2) is 33.3 Å². The maximum Gasteiger partial charge on any atom is 0.240 e. The third-order valence-corrected chi connectivity index (χ3v) is 5.43. The number of benzene rings is 2. The quantitative estimate of drug-likeness (QED) is 0.843. The number of halogens is 1. The molecule has 0 spiro atoms. The third-order valence-electron chi connectivity index (χ3n) is 3.84. The summed E-state index contributed by atoms with van der Waals surface area (Å²) < 4.78 is 51.0. The molecule has 0 radical (unpaired) electrons. The van der Waals surface area contributed by atoms with Crippen molar-refractivity contribution < 1.29 is 27.4 Å². The average molecular weight is 367 g/mol. The van der Waals surface area contributed by atoms with Crippen molar-refractivity contribution in [2.75, 3.05) is 19.8 Å². The van der Waals surface area contributed by atoms with Crippen molar-refractivity contribution in [1.29, 1.82) is 0 Å². The van der Waals surface area contributed by atoms with Crippen LogP contribution in [0, 0.1) is 12.7 Å². The van der Waals surface area contributed by atoms with Crippen molar-refractivity contribution in [3.05, 3.63) is 53.3 Å². The zero-order valence-electron chi connectivity index (χ0n) is 13.5. The van der Waals surface area contributed by atoms with Crippen molar-refractivity contribution in [2.45, 2.75) is 17.9 Å². The van der Waals surface area contributed by atoms with Gasteiger partial charge in [0.15, 0.2) is 11.5 Å². The van der Waals surface area contributed by atoms with Gasteiger partial charge in [0.2, 0.25) is 10.0 Å². The molecule has 2 aromatic rings. The first-order valence-corrected chi connectivity index (χ1v) is 9.18. The molecule has 0 amide bonds. The van der Waals surface area contributed by atoms with Crippen LogP contribution in [0.25, 0.3) is 0 Å². The van der Waals surface area contributed by atoms with Gasteiger partial charge in [0, 0.05) is 6.54 Å². The van der Waals surface area contributed by atoms with Gasteiger partial charge < -0.3 is 14.6 Å². The lowest BCUT2D eigenvalue weighted by molar-refractivity contribution is 0.165. The molecule has 134 valence electrons. The number of nitrogens with one attached hydrogen (secondary N) is 1. The molecular formula is C17H18FNO5S. The molecule has 25 heavy (non-hydrogen) atoms. The summed E-state index contributed by atoms with van der Waals surface area (Å²) in [6.45, 7) is 2.17. The molecule has 3 rings (SSSR count). The first-order valence-electron chi connectivity index (χ1n) is 7.70. The van der Waals surface area contributed by atoms with E-state index in [1.54, 1.807) is 18.2 Å². The van der Waals surface area contributed by atoms with Crippen LogP contribution >= 0.6 is 0 Å². The highest BCUT2D eigenvalue weighted by atomic mass is 32.2. The summed E-state index contributed by atoms with van der Waals surface area (Å²) in [5.41, 5.74) is 0.795. The Morgan fingerprint density at radius 2 is 1.88 bits per heavy atom. The molecule has 8 heteroatoms. The number of aliphatic hydroxyl groups excluding tert-OH is 1. The predicted molar refractivity (Wildman–Crippen MR) is 88.7 cm³/mol. The molecule has 0 fully saturated rings. The SMILES string of the molecule is Cc1cc(F)ccc1S(=O)(=O)NC[C@H](O)c1ccc2c(c1)OCCO2. The van der Waals surface area contributed by atoms with Crippen LogP contribution in [-0.2, 0) is 10.0 Å². The van der Waals surface area contributed by atoms with Crippen LogP contribution < -0.4 is 14.2 Å². The van der Waals surface area contributed by atoms with Crippen molar-refractivity contribution in [1.82, 2.24) is 4.72 Å². The van der Waals surface area contributed by atoms with Gasteiger partial charge in [0.25, 0.3) is 0 Å². The van der Waals surface area contributed by atoms with Gasteiger partial charge in [0.05, 0.1) is 11.0 Å². The van der Waals surface area contributed by atoms with E-state index in [1.165, 1.54) is 13.0 Å². The molecule has 2 N–H and O–H groups in total. The van der Waals surface area contributed by atoms with E-state index < -0.39 is 21.9 Å². The highest BCUT2D eigenvalue weighted by molar-refractivity contribution is 7.89. The summed E-state index contributed by atoms with van der Waals surface area (Å²) in [7, 11) is -3.86. The number of aliphatic hydroxyl groups is 1. The van der Waals surface area contributed by atoms with Crippen LogP contribution in [0.3, 0.4) is 0 Å². The maximum absolute atomic E-state index is 13.1. The summed E-state index contributed by atoms with van der Waals surface area (Å²) in [5, 5.41) is 10.3. The predicted octanol–water partition coefficient (Wildman–Crippen LogP) is 1.92. The Balaban J connectivity index is 1.72. The van der Waals surface area contributed by atoms with Gasteiger partial charge in [-0.15, -0.1) is 0 Å². The second-order valence-corrected chi connectivity index (χ2v) is 7.42. The number of ether oxygens (including phenoxy) is 2. The standard InChI is InChI=1S/C17H18FNO5S/c1-11-8-13(18)3-5-17(11)25(21,22)19-10-14(20)12-2-4-15-16(9-12)24-7-6-23-15/h2-5,8-9,14,19-20H,6-7,10H2,1H3/t14-/m0/s1. The van der Waals surface area contributed by atoms with Gasteiger partial charge in [0.1, 0.15) is 19.0 Å². The minimum Gasteiger partial charge on any atom is -0.486 e. The molecule has 0 aliphatic carbocycles. The lowest BCUT2D eigenvalue weighted by atomic mass is 10.1. The molecule has 2 aromatic carbocycles. The van der Waals surface area contributed by atoms with Gasteiger partial charge in [-0.05, 0) is 48.4 Å². The number of rotatable bonds is 5. The van der Waals surface area contributed by atoms with Crippen LogP contribution in [0.1, 0.15) is 17.2 Å². The fourth-order valence-corrected chi connectivity index (χ4v) is 3.83. The van der Waals surface area contributed by atoms with E-state index in [-0.39, 0.29) is 11.4 Å². The van der Waals surface area contributed by atoms with E-state index in [1.807, 2.05) is 0 Å². The summed E-state index contributed by atoms with van der Waals surface area (Å²) in [5.74, 6) is 0.595. The second kappa shape index (κ2) is 6.99. The Hall–Kier alpha value is -2.16. The molecule has 1 atom stereocenters. The van der Waals surface area contributed by atoms with Crippen molar-refractivity contribution in [2.24, 2.45) is 0 Å². The van der Waals surface area contributed by atoms with E-state index in [0.29, 0.717) is 35.8 Å². The zero-order valence-corrected chi connectivity index (χ0v) is 14.3.